The average molecular weight is 238 g/mol. The molecule has 0 aromatic heterocycles. The Morgan fingerprint density at radius 2 is 2.18 bits per heavy atom. The lowest BCUT2D eigenvalue weighted by Crippen LogP contribution is -2.39. The fraction of sp³-hybridized carbons (Fsp3) is 0.462. The van der Waals surface area contributed by atoms with Gasteiger partial charge in [0.25, 0.3) is 0 Å². The van der Waals surface area contributed by atoms with E-state index in [4.69, 9.17) is 5.73 Å². The van der Waals surface area contributed by atoms with E-state index in [0.717, 1.165) is 0 Å². The standard InChI is InChI=1S/C13H19FN2O/c1-4-13(3,8-15)12(17)16-10-6-5-9(2)11(14)7-10/h5-7H,4,8,15H2,1-3H3,(H,16,17). The first kappa shape index (κ1) is 13.6. The lowest BCUT2D eigenvalue weighted by Gasteiger charge is -2.25. The molecule has 1 rings (SSSR count). The van der Waals surface area contributed by atoms with Crippen molar-refractivity contribution in [3.05, 3.63) is 29.6 Å². The number of hydrogen-bond acceptors (Lipinski definition) is 2. The van der Waals surface area contributed by atoms with E-state index < -0.39 is 5.41 Å². The van der Waals surface area contributed by atoms with E-state index in [2.05, 4.69) is 5.32 Å². The number of anilines is 1. The number of carbonyl (C=O) groups excluding carboxylic acids is 1. The Hall–Kier alpha value is -1.42. The maximum atomic E-state index is 13.3. The van der Waals surface area contributed by atoms with Gasteiger partial charge in [0.1, 0.15) is 5.82 Å². The van der Waals surface area contributed by atoms with Crippen LogP contribution in [0.15, 0.2) is 18.2 Å². The molecule has 0 fully saturated rings. The largest absolute Gasteiger partial charge is 0.329 e. The molecule has 0 saturated carbocycles. The second-order valence-electron chi connectivity index (χ2n) is 4.54. The number of amides is 1. The number of nitrogens with one attached hydrogen (secondary N) is 1. The molecule has 0 aliphatic carbocycles. The van der Waals surface area contributed by atoms with E-state index in [1.165, 1.54) is 6.07 Å². The monoisotopic (exact) mass is 238 g/mol. The molecule has 1 aromatic rings. The van der Waals surface area contributed by atoms with Crippen molar-refractivity contribution in [3.63, 3.8) is 0 Å². The van der Waals surface area contributed by atoms with E-state index in [9.17, 15) is 9.18 Å². The van der Waals surface area contributed by atoms with Crippen molar-refractivity contribution in [2.75, 3.05) is 11.9 Å². The molecule has 0 bridgehead atoms. The topological polar surface area (TPSA) is 55.1 Å². The van der Waals surface area contributed by atoms with Gasteiger partial charge in [-0.25, -0.2) is 4.39 Å². The summed E-state index contributed by atoms with van der Waals surface area (Å²) in [5, 5.41) is 2.69. The predicted octanol–water partition coefficient (Wildman–Crippen LogP) is 2.45. The summed E-state index contributed by atoms with van der Waals surface area (Å²) in [6.45, 7) is 5.65. The summed E-state index contributed by atoms with van der Waals surface area (Å²) in [5.74, 6) is -0.500. The number of aryl methyl sites for hydroxylation is 1. The molecule has 17 heavy (non-hydrogen) atoms. The van der Waals surface area contributed by atoms with E-state index in [0.29, 0.717) is 17.7 Å². The summed E-state index contributed by atoms with van der Waals surface area (Å²) in [4.78, 5) is 12.0. The molecule has 1 amide bonds. The van der Waals surface area contributed by atoms with Gasteiger partial charge in [-0.3, -0.25) is 4.79 Å². The Morgan fingerprint density at radius 3 is 2.65 bits per heavy atom. The van der Waals surface area contributed by atoms with Crippen LogP contribution in [0.3, 0.4) is 0 Å². The van der Waals surface area contributed by atoms with Crippen LogP contribution in [0.25, 0.3) is 0 Å². The molecule has 0 aliphatic rings. The van der Waals surface area contributed by atoms with Crippen molar-refractivity contribution in [3.8, 4) is 0 Å². The highest BCUT2D eigenvalue weighted by molar-refractivity contribution is 5.95. The predicted molar refractivity (Wildman–Crippen MR) is 67.2 cm³/mol. The summed E-state index contributed by atoms with van der Waals surface area (Å²) >= 11 is 0. The van der Waals surface area contributed by atoms with Gasteiger partial charge in [-0.05, 0) is 38.0 Å². The van der Waals surface area contributed by atoms with E-state index in [1.54, 1.807) is 26.0 Å². The van der Waals surface area contributed by atoms with Crippen LogP contribution in [0, 0.1) is 18.2 Å². The van der Waals surface area contributed by atoms with E-state index in [-0.39, 0.29) is 18.3 Å². The molecule has 3 N–H and O–H groups in total. The minimum Gasteiger partial charge on any atom is -0.329 e. The van der Waals surface area contributed by atoms with Gasteiger partial charge in [-0.2, -0.15) is 0 Å². The number of halogens is 1. The number of nitrogens with two attached hydrogens (primary N) is 1. The smallest absolute Gasteiger partial charge is 0.231 e. The molecule has 0 heterocycles. The third kappa shape index (κ3) is 3.03. The minimum atomic E-state index is -0.610. The summed E-state index contributed by atoms with van der Waals surface area (Å²) in [6.07, 6.45) is 0.643. The molecule has 0 radical (unpaired) electrons. The quantitative estimate of drug-likeness (QED) is 0.846. The minimum absolute atomic E-state index is 0.175. The zero-order valence-corrected chi connectivity index (χ0v) is 10.5. The number of carbonyl (C=O) groups is 1. The van der Waals surface area contributed by atoms with Gasteiger partial charge in [0, 0.05) is 12.2 Å². The highest BCUT2D eigenvalue weighted by Crippen LogP contribution is 2.22. The first-order chi connectivity index (χ1) is 7.92. The van der Waals surface area contributed by atoms with Crippen LogP contribution in [-0.2, 0) is 4.79 Å². The van der Waals surface area contributed by atoms with Crippen LogP contribution in [0.4, 0.5) is 10.1 Å². The molecule has 3 nitrogen and oxygen atoms in total. The van der Waals surface area contributed by atoms with Gasteiger partial charge >= 0.3 is 0 Å². The van der Waals surface area contributed by atoms with E-state index in [1.807, 2.05) is 6.92 Å². The third-order valence-electron chi connectivity index (χ3n) is 3.21. The van der Waals surface area contributed by atoms with Crippen molar-refractivity contribution >= 4 is 11.6 Å². The number of rotatable bonds is 4. The molecule has 0 spiro atoms. The van der Waals surface area contributed by atoms with Gasteiger partial charge in [-0.1, -0.05) is 13.0 Å². The Balaban J connectivity index is 2.84. The Morgan fingerprint density at radius 1 is 1.53 bits per heavy atom. The van der Waals surface area contributed by atoms with Crippen molar-refractivity contribution in [1.82, 2.24) is 0 Å². The SMILES string of the molecule is CCC(C)(CN)C(=O)Nc1ccc(C)c(F)c1. The maximum Gasteiger partial charge on any atom is 0.231 e. The molecule has 94 valence electrons. The summed E-state index contributed by atoms with van der Waals surface area (Å²) in [6, 6.07) is 4.64. The van der Waals surface area contributed by atoms with Gasteiger partial charge < -0.3 is 11.1 Å². The number of hydrogen-bond donors (Lipinski definition) is 2. The van der Waals surface area contributed by atoms with Crippen molar-refractivity contribution in [1.29, 1.82) is 0 Å². The summed E-state index contributed by atoms with van der Waals surface area (Å²) < 4.78 is 13.3. The zero-order valence-electron chi connectivity index (χ0n) is 10.5. The van der Waals surface area contributed by atoms with Gasteiger partial charge in [-0.15, -0.1) is 0 Å². The summed E-state index contributed by atoms with van der Waals surface area (Å²) in [7, 11) is 0. The molecule has 1 unspecified atom stereocenters. The Kier molecular flexibility index (Phi) is 4.23. The normalized spacial score (nSPS) is 14.2. The Bertz CT molecular complexity index is 414. The van der Waals surface area contributed by atoms with E-state index >= 15 is 0 Å². The van der Waals surface area contributed by atoms with Crippen molar-refractivity contribution in [2.24, 2.45) is 11.1 Å². The Labute approximate surface area is 101 Å². The highest BCUT2D eigenvalue weighted by atomic mass is 19.1. The lowest BCUT2D eigenvalue weighted by atomic mass is 9.86. The first-order valence-electron chi connectivity index (χ1n) is 5.70. The fourth-order valence-electron chi connectivity index (χ4n) is 1.35. The van der Waals surface area contributed by atoms with Crippen LogP contribution in [-0.4, -0.2) is 12.5 Å². The second-order valence-corrected chi connectivity index (χ2v) is 4.54. The van der Waals surface area contributed by atoms with Crippen LogP contribution < -0.4 is 11.1 Å². The van der Waals surface area contributed by atoms with Crippen LogP contribution in [0.5, 0.6) is 0 Å². The van der Waals surface area contributed by atoms with Crippen LogP contribution >= 0.6 is 0 Å². The summed E-state index contributed by atoms with van der Waals surface area (Å²) in [5.41, 5.74) is 6.00. The number of benzene rings is 1. The molecule has 0 aliphatic heterocycles. The fourth-order valence-corrected chi connectivity index (χ4v) is 1.35. The lowest BCUT2D eigenvalue weighted by molar-refractivity contribution is -0.124. The van der Waals surface area contributed by atoms with Crippen molar-refractivity contribution < 1.29 is 9.18 Å². The first-order valence-corrected chi connectivity index (χ1v) is 5.70. The van der Waals surface area contributed by atoms with Crippen LogP contribution in [0.1, 0.15) is 25.8 Å². The zero-order chi connectivity index (χ0) is 13.1. The van der Waals surface area contributed by atoms with Crippen molar-refractivity contribution in [2.45, 2.75) is 27.2 Å². The molecular formula is C13H19FN2O. The average Bonchev–Trinajstić information content (AvgIpc) is 2.32. The third-order valence-corrected chi connectivity index (χ3v) is 3.21. The van der Waals surface area contributed by atoms with Gasteiger partial charge in [0.15, 0.2) is 0 Å². The second kappa shape index (κ2) is 5.27. The molecule has 1 aromatic carbocycles. The molecule has 4 heteroatoms. The van der Waals surface area contributed by atoms with Gasteiger partial charge in [0.05, 0.1) is 5.41 Å². The molecule has 0 saturated heterocycles. The highest BCUT2D eigenvalue weighted by Gasteiger charge is 2.29. The maximum absolute atomic E-state index is 13.3. The molecular weight excluding hydrogens is 219 g/mol. The van der Waals surface area contributed by atoms with Crippen LogP contribution in [0.2, 0.25) is 0 Å². The molecule has 1 atom stereocenters. The van der Waals surface area contributed by atoms with Gasteiger partial charge in [0.2, 0.25) is 5.91 Å².